The fraction of sp³-hybridized carbons (Fsp3) is 0.217. The predicted octanol–water partition coefficient (Wildman–Crippen LogP) is 5.66. The second-order valence-electron chi connectivity index (χ2n) is 5.03. The van der Waals surface area contributed by atoms with Crippen molar-refractivity contribution in [2.75, 3.05) is 21.3 Å². The van der Waals surface area contributed by atoms with Crippen molar-refractivity contribution in [2.45, 2.75) is 23.6 Å². The number of rotatable bonds is 5. The molecule has 0 amide bonds. The first-order chi connectivity index (χ1) is 13.2. The van der Waals surface area contributed by atoms with E-state index in [0.717, 1.165) is 29.0 Å². The molecule has 0 unspecified atom stereocenters. The predicted molar refractivity (Wildman–Crippen MR) is 116 cm³/mol. The largest absolute Gasteiger partial charge is 0.497 e. The lowest BCUT2D eigenvalue weighted by atomic mass is 10.3. The third kappa shape index (κ3) is 8.56. The topological polar surface area (TPSA) is 27.7 Å². The Kier molecular flexibility index (Phi) is 11.3. The van der Waals surface area contributed by atoms with Crippen LogP contribution in [-0.2, 0) is 11.8 Å². The molecular formula is C23H29O3S+. The van der Waals surface area contributed by atoms with E-state index in [1.807, 2.05) is 80.6 Å². The molecule has 0 N–H and O–H groups in total. The molecular weight excluding hydrogens is 356 g/mol. The Hall–Kier alpha value is -2.59. The lowest BCUT2D eigenvalue weighted by Crippen LogP contribution is -1.89. The van der Waals surface area contributed by atoms with E-state index in [4.69, 9.17) is 14.2 Å². The minimum absolute atomic E-state index is 0.887. The molecule has 0 aliphatic carbocycles. The van der Waals surface area contributed by atoms with Gasteiger partial charge in [0.1, 0.15) is 17.2 Å². The van der Waals surface area contributed by atoms with Crippen molar-refractivity contribution in [2.24, 2.45) is 0 Å². The highest BCUT2D eigenvalue weighted by Gasteiger charge is 2.08. The van der Waals surface area contributed by atoms with Gasteiger partial charge >= 0.3 is 0 Å². The van der Waals surface area contributed by atoms with Crippen LogP contribution in [-0.4, -0.2) is 21.3 Å². The van der Waals surface area contributed by atoms with Crippen LogP contribution in [0.2, 0.25) is 0 Å². The van der Waals surface area contributed by atoms with Gasteiger partial charge in [-0.25, -0.2) is 0 Å². The summed E-state index contributed by atoms with van der Waals surface area (Å²) in [5.41, 5.74) is 0. The van der Waals surface area contributed by atoms with Crippen LogP contribution in [0.1, 0.15) is 13.8 Å². The second-order valence-corrected chi connectivity index (χ2v) is 6.29. The van der Waals surface area contributed by atoms with Gasteiger partial charge in [0.05, 0.1) is 21.3 Å². The van der Waals surface area contributed by atoms with Crippen LogP contribution >= 0.6 is 0 Å². The van der Waals surface area contributed by atoms with E-state index in [2.05, 4.69) is 12.1 Å². The molecule has 3 aromatic carbocycles. The van der Waals surface area contributed by atoms with Crippen LogP contribution in [0.5, 0.6) is 17.2 Å². The Morgan fingerprint density at radius 1 is 0.519 bits per heavy atom. The molecule has 0 saturated carbocycles. The molecule has 0 radical (unpaired) electrons. The van der Waals surface area contributed by atoms with Gasteiger partial charge in [0.2, 0.25) is 0 Å². The molecule has 3 aromatic rings. The van der Waals surface area contributed by atoms with Crippen LogP contribution in [0.4, 0.5) is 0 Å². The van der Waals surface area contributed by atoms with Gasteiger partial charge in [-0.15, -0.1) is 0 Å². The van der Waals surface area contributed by atoms with Crippen LogP contribution in [0, 0.1) is 0 Å². The van der Waals surface area contributed by atoms with Gasteiger partial charge in [-0.2, -0.15) is 0 Å². The van der Waals surface area contributed by atoms with Gasteiger partial charge in [-0.1, -0.05) is 44.2 Å². The fourth-order valence-corrected chi connectivity index (χ4v) is 3.07. The molecule has 0 saturated heterocycles. The van der Waals surface area contributed by atoms with E-state index < -0.39 is 0 Å². The van der Waals surface area contributed by atoms with Crippen molar-refractivity contribution in [3.63, 3.8) is 0 Å². The zero-order chi connectivity index (χ0) is 19.9. The van der Waals surface area contributed by atoms with Crippen LogP contribution in [0.25, 0.3) is 0 Å². The summed E-state index contributed by atoms with van der Waals surface area (Å²) in [5, 5.41) is 0. The highest BCUT2D eigenvalue weighted by Crippen LogP contribution is 2.20. The standard InChI is InChI=1S/C14H14O2S.C7H8O.C2H6/c1-15-11-5-3-7-13(9-11)17-14-8-4-6-12(10-14)16-2;1-8-7-5-3-2-4-6-7;1-2/h3-10H,1-2H3;2-6H,1H3;1-2H3/p+1. The molecule has 0 aliphatic rings. The summed E-state index contributed by atoms with van der Waals surface area (Å²) < 4.78 is 15.3. The molecule has 0 spiro atoms. The molecule has 0 aromatic heterocycles. The second kappa shape index (κ2) is 13.6. The Morgan fingerprint density at radius 2 is 0.926 bits per heavy atom. The number of para-hydroxylation sites is 1. The Labute approximate surface area is 167 Å². The maximum Gasteiger partial charge on any atom is 0.161 e. The number of thiol groups is 1. The molecule has 3 nitrogen and oxygen atoms in total. The maximum absolute atomic E-state index is 5.21. The summed E-state index contributed by atoms with van der Waals surface area (Å²) in [5.74, 6) is 2.68. The fourth-order valence-electron chi connectivity index (χ4n) is 2.07. The number of benzene rings is 3. The van der Waals surface area contributed by atoms with Gasteiger partial charge in [0.25, 0.3) is 0 Å². The quantitative estimate of drug-likeness (QED) is 0.419. The first kappa shape index (κ1) is 22.5. The maximum atomic E-state index is 5.21. The van der Waals surface area contributed by atoms with E-state index >= 15 is 0 Å². The van der Waals surface area contributed by atoms with Crippen LogP contribution < -0.4 is 14.2 Å². The van der Waals surface area contributed by atoms with Crippen LogP contribution in [0.15, 0.2) is 88.7 Å². The smallest absolute Gasteiger partial charge is 0.161 e. The van der Waals surface area contributed by atoms with E-state index in [9.17, 15) is 0 Å². The van der Waals surface area contributed by atoms with Crippen molar-refractivity contribution < 1.29 is 14.2 Å². The Bertz CT molecular complexity index is 715. The van der Waals surface area contributed by atoms with Gasteiger partial charge in [0, 0.05) is 23.9 Å². The normalized spacial score (nSPS) is 9.07. The molecule has 0 atom stereocenters. The van der Waals surface area contributed by atoms with E-state index in [-0.39, 0.29) is 0 Å². The summed E-state index contributed by atoms with van der Waals surface area (Å²) in [6, 6.07) is 25.8. The number of hydrogen-bond acceptors (Lipinski definition) is 3. The molecule has 0 fully saturated rings. The Balaban J connectivity index is 0.000000305. The minimum atomic E-state index is 0.887. The minimum Gasteiger partial charge on any atom is -0.497 e. The van der Waals surface area contributed by atoms with Gasteiger partial charge in [-0.3, -0.25) is 0 Å². The zero-order valence-electron chi connectivity index (χ0n) is 16.7. The molecule has 144 valence electrons. The number of hydrogen-bond donors (Lipinski definition) is 0. The third-order valence-electron chi connectivity index (χ3n) is 3.34. The monoisotopic (exact) mass is 385 g/mol. The van der Waals surface area contributed by atoms with Crippen molar-refractivity contribution in [1.29, 1.82) is 0 Å². The van der Waals surface area contributed by atoms with E-state index in [1.54, 1.807) is 21.3 Å². The van der Waals surface area contributed by atoms with Gasteiger partial charge in [0.15, 0.2) is 9.79 Å². The summed E-state index contributed by atoms with van der Waals surface area (Å²) >= 11 is 1.15. The summed E-state index contributed by atoms with van der Waals surface area (Å²) in [6.07, 6.45) is 0. The number of ether oxygens (including phenoxy) is 3. The summed E-state index contributed by atoms with van der Waals surface area (Å²) in [6.45, 7) is 4.00. The van der Waals surface area contributed by atoms with Crippen molar-refractivity contribution in [3.8, 4) is 17.2 Å². The average Bonchev–Trinajstić information content (AvgIpc) is 2.76. The van der Waals surface area contributed by atoms with Gasteiger partial charge in [-0.05, 0) is 36.4 Å². The molecule has 3 rings (SSSR count). The van der Waals surface area contributed by atoms with E-state index in [1.165, 1.54) is 9.79 Å². The first-order valence-corrected chi connectivity index (χ1v) is 9.73. The van der Waals surface area contributed by atoms with Crippen LogP contribution in [0.3, 0.4) is 0 Å². The van der Waals surface area contributed by atoms with Crippen molar-refractivity contribution >= 4 is 11.8 Å². The highest BCUT2D eigenvalue weighted by atomic mass is 32.2. The lowest BCUT2D eigenvalue weighted by molar-refractivity contribution is 0.413. The molecule has 4 heteroatoms. The van der Waals surface area contributed by atoms with Crippen molar-refractivity contribution in [3.05, 3.63) is 78.9 Å². The molecule has 0 aliphatic heterocycles. The van der Waals surface area contributed by atoms with E-state index in [0.29, 0.717) is 0 Å². The lowest BCUT2D eigenvalue weighted by Gasteiger charge is -2.00. The van der Waals surface area contributed by atoms with Crippen molar-refractivity contribution in [1.82, 2.24) is 0 Å². The molecule has 0 bridgehead atoms. The summed E-state index contributed by atoms with van der Waals surface area (Å²) in [7, 11) is 5.03. The third-order valence-corrected chi connectivity index (χ3v) is 4.42. The number of methoxy groups -OCH3 is 3. The summed E-state index contributed by atoms with van der Waals surface area (Å²) in [4.78, 5) is 2.41. The Morgan fingerprint density at radius 3 is 1.30 bits per heavy atom. The molecule has 0 heterocycles. The zero-order valence-corrected chi connectivity index (χ0v) is 17.6. The SMILES string of the molecule is CC.COc1cccc([SH+]c2cccc(OC)c2)c1.COc1ccccc1. The first-order valence-electron chi connectivity index (χ1n) is 8.84. The van der Waals surface area contributed by atoms with Gasteiger partial charge < -0.3 is 14.2 Å². The molecule has 27 heavy (non-hydrogen) atoms. The average molecular weight is 386 g/mol. The highest BCUT2D eigenvalue weighted by molar-refractivity contribution is 7.78.